The standard InChI is InChI=1S/C29H25ClO3/c1-2-32-29(31)23-12-8-11-22(19-23)25-13-6-7-14-26(25)27-20-24(30)15-16-28(27)33-18-17-21-9-4-3-5-10-21/h3-16,19-20H,2,17-18H2,1H3. The molecule has 0 heterocycles. The third-order valence-corrected chi connectivity index (χ3v) is 5.57. The van der Waals surface area contributed by atoms with Gasteiger partial charge in [0.25, 0.3) is 0 Å². The summed E-state index contributed by atoms with van der Waals surface area (Å²) in [4.78, 5) is 12.3. The topological polar surface area (TPSA) is 35.5 Å². The second kappa shape index (κ2) is 10.8. The molecular weight excluding hydrogens is 432 g/mol. The highest BCUT2D eigenvalue weighted by atomic mass is 35.5. The smallest absolute Gasteiger partial charge is 0.338 e. The van der Waals surface area contributed by atoms with Crippen molar-refractivity contribution in [3.05, 3.63) is 113 Å². The van der Waals surface area contributed by atoms with Crippen LogP contribution in [-0.2, 0) is 11.2 Å². The van der Waals surface area contributed by atoms with Gasteiger partial charge in [0.05, 0.1) is 18.8 Å². The fourth-order valence-electron chi connectivity index (χ4n) is 3.76. The van der Waals surface area contributed by atoms with Crippen molar-refractivity contribution in [3.63, 3.8) is 0 Å². The third kappa shape index (κ3) is 5.63. The lowest BCUT2D eigenvalue weighted by molar-refractivity contribution is 0.0526. The van der Waals surface area contributed by atoms with Crippen molar-refractivity contribution in [3.8, 4) is 28.0 Å². The molecule has 0 amide bonds. The lowest BCUT2D eigenvalue weighted by Crippen LogP contribution is -2.04. The summed E-state index contributed by atoms with van der Waals surface area (Å²) in [5.41, 5.74) is 5.55. The lowest BCUT2D eigenvalue weighted by Gasteiger charge is -2.16. The van der Waals surface area contributed by atoms with E-state index < -0.39 is 0 Å². The number of hydrogen-bond donors (Lipinski definition) is 0. The van der Waals surface area contributed by atoms with E-state index in [9.17, 15) is 4.79 Å². The number of rotatable bonds is 8. The molecular formula is C29H25ClO3. The Bertz CT molecular complexity index is 1230. The van der Waals surface area contributed by atoms with Gasteiger partial charge in [0, 0.05) is 17.0 Å². The molecule has 4 aromatic rings. The van der Waals surface area contributed by atoms with Crippen LogP contribution in [0.25, 0.3) is 22.3 Å². The van der Waals surface area contributed by atoms with Crippen molar-refractivity contribution in [2.45, 2.75) is 13.3 Å². The van der Waals surface area contributed by atoms with Crippen molar-refractivity contribution in [2.75, 3.05) is 13.2 Å². The fourth-order valence-corrected chi connectivity index (χ4v) is 3.93. The van der Waals surface area contributed by atoms with Gasteiger partial charge in [-0.1, -0.05) is 78.3 Å². The van der Waals surface area contributed by atoms with Crippen LogP contribution in [-0.4, -0.2) is 19.2 Å². The van der Waals surface area contributed by atoms with Crippen molar-refractivity contribution < 1.29 is 14.3 Å². The molecule has 0 unspecified atom stereocenters. The minimum absolute atomic E-state index is 0.329. The molecule has 4 aromatic carbocycles. The van der Waals surface area contributed by atoms with Gasteiger partial charge in [-0.25, -0.2) is 4.79 Å². The van der Waals surface area contributed by atoms with Crippen LogP contribution in [0, 0.1) is 0 Å². The summed E-state index contributed by atoms with van der Waals surface area (Å²) in [6.45, 7) is 2.69. The molecule has 0 fully saturated rings. The highest BCUT2D eigenvalue weighted by molar-refractivity contribution is 6.31. The Morgan fingerprint density at radius 3 is 2.33 bits per heavy atom. The van der Waals surface area contributed by atoms with Crippen LogP contribution in [0.4, 0.5) is 0 Å². The fraction of sp³-hybridized carbons (Fsp3) is 0.138. The molecule has 33 heavy (non-hydrogen) atoms. The van der Waals surface area contributed by atoms with Crippen LogP contribution in [0.1, 0.15) is 22.8 Å². The van der Waals surface area contributed by atoms with Gasteiger partial charge in [0.2, 0.25) is 0 Å². The van der Waals surface area contributed by atoms with Gasteiger partial charge in [0.1, 0.15) is 5.75 Å². The summed E-state index contributed by atoms with van der Waals surface area (Å²) in [5.74, 6) is 0.439. The number of ether oxygens (including phenoxy) is 2. The Balaban J connectivity index is 1.67. The molecule has 3 nitrogen and oxygen atoms in total. The second-order valence-corrected chi connectivity index (χ2v) is 8.01. The first-order valence-corrected chi connectivity index (χ1v) is 11.4. The largest absolute Gasteiger partial charge is 0.493 e. The number of hydrogen-bond acceptors (Lipinski definition) is 3. The number of carbonyl (C=O) groups is 1. The molecule has 0 aliphatic rings. The molecule has 0 saturated heterocycles. The molecule has 0 radical (unpaired) electrons. The average Bonchev–Trinajstić information content (AvgIpc) is 2.86. The van der Waals surface area contributed by atoms with Crippen molar-refractivity contribution in [1.82, 2.24) is 0 Å². The monoisotopic (exact) mass is 456 g/mol. The second-order valence-electron chi connectivity index (χ2n) is 7.57. The Morgan fingerprint density at radius 2 is 1.55 bits per heavy atom. The molecule has 0 N–H and O–H groups in total. The normalized spacial score (nSPS) is 10.6. The van der Waals surface area contributed by atoms with E-state index in [0.29, 0.717) is 23.8 Å². The van der Waals surface area contributed by atoms with Gasteiger partial charge in [-0.3, -0.25) is 0 Å². The maximum atomic E-state index is 12.3. The highest BCUT2D eigenvalue weighted by Crippen LogP contribution is 2.39. The van der Waals surface area contributed by atoms with Crippen LogP contribution in [0.2, 0.25) is 5.02 Å². The minimum Gasteiger partial charge on any atom is -0.493 e. The molecule has 4 heteroatoms. The number of esters is 1. The molecule has 0 bridgehead atoms. The molecule has 0 aliphatic carbocycles. The predicted molar refractivity (Wildman–Crippen MR) is 134 cm³/mol. The van der Waals surface area contributed by atoms with E-state index in [2.05, 4.69) is 12.1 Å². The third-order valence-electron chi connectivity index (χ3n) is 5.33. The average molecular weight is 457 g/mol. The molecule has 0 saturated carbocycles. The molecule has 166 valence electrons. The zero-order valence-electron chi connectivity index (χ0n) is 18.5. The van der Waals surface area contributed by atoms with Crippen LogP contribution in [0.15, 0.2) is 97.1 Å². The van der Waals surface area contributed by atoms with E-state index >= 15 is 0 Å². The van der Waals surface area contributed by atoms with Gasteiger partial charge < -0.3 is 9.47 Å². The molecule has 0 spiro atoms. The van der Waals surface area contributed by atoms with E-state index in [-0.39, 0.29) is 5.97 Å². The molecule has 0 aromatic heterocycles. The first-order valence-electron chi connectivity index (χ1n) is 11.0. The van der Waals surface area contributed by atoms with Crippen molar-refractivity contribution in [2.24, 2.45) is 0 Å². The van der Waals surface area contributed by atoms with Crippen LogP contribution >= 0.6 is 11.6 Å². The van der Waals surface area contributed by atoms with Crippen molar-refractivity contribution >= 4 is 17.6 Å². The van der Waals surface area contributed by atoms with Gasteiger partial charge in [-0.15, -0.1) is 0 Å². The van der Waals surface area contributed by atoms with E-state index in [0.717, 1.165) is 34.4 Å². The summed E-state index contributed by atoms with van der Waals surface area (Å²) in [6, 6.07) is 31.5. The summed E-state index contributed by atoms with van der Waals surface area (Å²) < 4.78 is 11.4. The van der Waals surface area contributed by atoms with Crippen molar-refractivity contribution in [1.29, 1.82) is 0 Å². The quantitative estimate of drug-likeness (QED) is 0.258. The number of halogens is 1. The maximum absolute atomic E-state index is 12.3. The Labute approximate surface area is 199 Å². The molecule has 0 aliphatic heterocycles. The van der Waals surface area contributed by atoms with Crippen LogP contribution < -0.4 is 4.74 Å². The first-order chi connectivity index (χ1) is 16.2. The SMILES string of the molecule is CCOC(=O)c1cccc(-c2ccccc2-c2cc(Cl)ccc2OCCc2ccccc2)c1. The summed E-state index contributed by atoms with van der Waals surface area (Å²) in [6.07, 6.45) is 0.812. The van der Waals surface area contributed by atoms with Gasteiger partial charge in [-0.05, 0) is 59.5 Å². The van der Waals surface area contributed by atoms with Crippen LogP contribution in [0.3, 0.4) is 0 Å². The lowest BCUT2D eigenvalue weighted by atomic mass is 9.93. The zero-order valence-corrected chi connectivity index (χ0v) is 19.2. The summed E-state index contributed by atoms with van der Waals surface area (Å²) in [5, 5.41) is 0.635. The zero-order chi connectivity index (χ0) is 23.0. The van der Waals surface area contributed by atoms with Crippen LogP contribution in [0.5, 0.6) is 5.75 Å². The van der Waals surface area contributed by atoms with E-state index in [1.165, 1.54) is 5.56 Å². The van der Waals surface area contributed by atoms with E-state index in [4.69, 9.17) is 21.1 Å². The summed E-state index contributed by atoms with van der Waals surface area (Å²) >= 11 is 6.38. The molecule has 4 rings (SSSR count). The minimum atomic E-state index is -0.329. The maximum Gasteiger partial charge on any atom is 0.338 e. The Hall–Kier alpha value is -3.56. The van der Waals surface area contributed by atoms with Gasteiger partial charge in [0.15, 0.2) is 0 Å². The Kier molecular flexibility index (Phi) is 7.43. The first kappa shape index (κ1) is 22.6. The van der Waals surface area contributed by atoms with E-state index in [1.807, 2.05) is 78.9 Å². The highest BCUT2D eigenvalue weighted by Gasteiger charge is 2.15. The van der Waals surface area contributed by atoms with E-state index in [1.54, 1.807) is 13.0 Å². The summed E-state index contributed by atoms with van der Waals surface area (Å²) in [7, 11) is 0. The van der Waals surface area contributed by atoms with Gasteiger partial charge in [-0.2, -0.15) is 0 Å². The number of carbonyl (C=O) groups excluding carboxylic acids is 1. The van der Waals surface area contributed by atoms with Gasteiger partial charge >= 0.3 is 5.97 Å². The predicted octanol–water partition coefficient (Wildman–Crippen LogP) is 7.47. The molecule has 0 atom stereocenters. The number of benzene rings is 4. The Morgan fingerprint density at radius 1 is 0.788 bits per heavy atom.